The third-order valence-electron chi connectivity index (χ3n) is 7.05. The summed E-state index contributed by atoms with van der Waals surface area (Å²) in [5.41, 5.74) is 5.16. The molecule has 1 atom stereocenters. The van der Waals surface area contributed by atoms with Crippen LogP contribution in [0.25, 0.3) is 11.0 Å². The monoisotopic (exact) mass is 473 g/mol. The molecule has 2 N–H and O–H groups in total. The van der Waals surface area contributed by atoms with Gasteiger partial charge in [-0.2, -0.15) is 0 Å². The second kappa shape index (κ2) is 8.29. The lowest BCUT2D eigenvalue weighted by atomic mass is 9.84. The Labute approximate surface area is 204 Å². The number of hydrogen-bond donors (Lipinski definition) is 2. The average Bonchev–Trinajstić information content (AvgIpc) is 3.51. The molecule has 1 fully saturated rings. The molecule has 5 rings (SSSR count). The molecule has 1 aliphatic carbocycles. The minimum absolute atomic E-state index is 0.0628. The van der Waals surface area contributed by atoms with Gasteiger partial charge in [0.1, 0.15) is 17.6 Å². The smallest absolute Gasteiger partial charge is 0.326 e. The summed E-state index contributed by atoms with van der Waals surface area (Å²) in [5.74, 6) is -0.250. The summed E-state index contributed by atoms with van der Waals surface area (Å²) >= 11 is 0. The number of fused-ring (bicyclic) bond motifs is 2. The van der Waals surface area contributed by atoms with Crippen LogP contribution in [0.15, 0.2) is 30.6 Å². The number of nitrogens with zero attached hydrogens (tertiary/aromatic N) is 4. The van der Waals surface area contributed by atoms with Crippen LogP contribution < -0.4 is 0 Å². The van der Waals surface area contributed by atoms with Crippen molar-refractivity contribution in [1.82, 2.24) is 19.4 Å². The predicted molar refractivity (Wildman–Crippen MR) is 133 cm³/mol. The quantitative estimate of drug-likeness (QED) is 0.483. The van der Waals surface area contributed by atoms with Gasteiger partial charge in [0.05, 0.1) is 23.9 Å². The van der Waals surface area contributed by atoms with E-state index in [1.165, 1.54) is 0 Å². The highest BCUT2D eigenvalue weighted by molar-refractivity contribution is 6.05. The minimum atomic E-state index is -0.929. The number of Topliss-reactive ketones (excluding diaryl/α,β-unsaturated/α-hetero) is 1. The lowest BCUT2D eigenvalue weighted by molar-refractivity contribution is -0.140. The fourth-order valence-electron chi connectivity index (χ4n) is 4.88. The van der Waals surface area contributed by atoms with Gasteiger partial charge >= 0.3 is 5.97 Å². The first kappa shape index (κ1) is 23.2. The summed E-state index contributed by atoms with van der Waals surface area (Å²) in [6.07, 6.45) is 4.27. The van der Waals surface area contributed by atoms with Crippen LogP contribution in [0.2, 0.25) is 0 Å². The highest BCUT2D eigenvalue weighted by atomic mass is 16.4. The number of carboxylic acid groups (broad SMARTS) is 1. The second-order valence-corrected chi connectivity index (χ2v) is 10.7. The zero-order valence-corrected chi connectivity index (χ0v) is 20.6. The van der Waals surface area contributed by atoms with Gasteiger partial charge in [-0.25, -0.2) is 14.8 Å². The number of pyridine rings is 1. The standard InChI is InChI=1S/C27H31N5O3/c1-5-20(26(34)35)32-14-29-24-18(27(2,3)4)10-17(11-21(24)32)22(33)13-31-12-16-8-9-19(15-6-7-15)30-23(16)25(31)28/h8-11,14-15,20,28H,5-7,12-13H2,1-4H3,(H,34,35). The van der Waals surface area contributed by atoms with Gasteiger partial charge in [0, 0.05) is 29.3 Å². The summed E-state index contributed by atoms with van der Waals surface area (Å²) in [4.78, 5) is 36.4. The molecule has 182 valence electrons. The highest BCUT2D eigenvalue weighted by Crippen LogP contribution is 2.40. The normalized spacial score (nSPS) is 16.6. The molecular formula is C27H31N5O3. The molecule has 0 saturated heterocycles. The van der Waals surface area contributed by atoms with Crippen molar-refractivity contribution in [2.24, 2.45) is 0 Å². The Kier molecular flexibility index (Phi) is 5.49. The topological polar surface area (TPSA) is 112 Å². The molecular weight excluding hydrogens is 442 g/mol. The molecule has 1 aromatic carbocycles. The number of carbonyl (C=O) groups excluding carboxylic acids is 1. The maximum Gasteiger partial charge on any atom is 0.326 e. The highest BCUT2D eigenvalue weighted by Gasteiger charge is 2.32. The average molecular weight is 474 g/mol. The van der Waals surface area contributed by atoms with E-state index in [1.807, 2.05) is 25.1 Å². The van der Waals surface area contributed by atoms with Gasteiger partial charge in [0.15, 0.2) is 5.78 Å². The van der Waals surface area contributed by atoms with Crippen LogP contribution >= 0.6 is 0 Å². The van der Waals surface area contributed by atoms with Crippen LogP contribution in [0.3, 0.4) is 0 Å². The van der Waals surface area contributed by atoms with Crippen molar-refractivity contribution < 1.29 is 14.7 Å². The number of ketones is 1. The summed E-state index contributed by atoms with van der Waals surface area (Å²) in [5, 5.41) is 18.4. The number of imidazole rings is 1. The van der Waals surface area contributed by atoms with Crippen molar-refractivity contribution in [1.29, 1.82) is 5.41 Å². The van der Waals surface area contributed by atoms with Gasteiger partial charge in [0.2, 0.25) is 0 Å². The second-order valence-electron chi connectivity index (χ2n) is 10.7. The van der Waals surface area contributed by atoms with Crippen molar-refractivity contribution in [3.63, 3.8) is 0 Å². The van der Waals surface area contributed by atoms with E-state index in [2.05, 4.69) is 25.8 Å². The third kappa shape index (κ3) is 4.11. The number of aliphatic carboxylic acids is 1. The molecule has 8 heteroatoms. The number of carboxylic acids is 1. The molecule has 8 nitrogen and oxygen atoms in total. The third-order valence-corrected chi connectivity index (χ3v) is 7.05. The van der Waals surface area contributed by atoms with Crippen LogP contribution in [-0.4, -0.2) is 48.7 Å². The maximum atomic E-state index is 13.5. The van der Waals surface area contributed by atoms with E-state index in [1.54, 1.807) is 21.9 Å². The van der Waals surface area contributed by atoms with E-state index in [0.29, 0.717) is 41.2 Å². The van der Waals surface area contributed by atoms with Crippen molar-refractivity contribution in [2.75, 3.05) is 6.54 Å². The fraction of sp³-hybridized carbons (Fsp3) is 0.444. The summed E-state index contributed by atoms with van der Waals surface area (Å²) < 4.78 is 1.65. The van der Waals surface area contributed by atoms with Crippen LogP contribution in [0.1, 0.15) is 91.8 Å². The van der Waals surface area contributed by atoms with E-state index >= 15 is 0 Å². The van der Waals surface area contributed by atoms with Crippen LogP contribution in [0.4, 0.5) is 0 Å². The Morgan fingerprint density at radius 3 is 2.60 bits per heavy atom. The largest absolute Gasteiger partial charge is 0.480 e. The van der Waals surface area contributed by atoms with Gasteiger partial charge in [-0.15, -0.1) is 0 Å². The molecule has 0 bridgehead atoms. The maximum absolute atomic E-state index is 13.5. The Bertz CT molecular complexity index is 1360. The van der Waals surface area contributed by atoms with Crippen LogP contribution in [0.5, 0.6) is 0 Å². The zero-order chi connectivity index (χ0) is 25.1. The first-order chi connectivity index (χ1) is 16.6. The van der Waals surface area contributed by atoms with Gasteiger partial charge in [0.25, 0.3) is 0 Å². The number of rotatable bonds is 7. The number of amidine groups is 1. The molecule has 1 aliphatic heterocycles. The molecule has 0 radical (unpaired) electrons. The molecule has 1 unspecified atom stereocenters. The summed E-state index contributed by atoms with van der Waals surface area (Å²) in [6.45, 7) is 8.54. The Balaban J connectivity index is 1.48. The van der Waals surface area contributed by atoms with Crippen molar-refractivity contribution in [3.05, 3.63) is 58.7 Å². The Morgan fingerprint density at radius 1 is 1.23 bits per heavy atom. The number of nitrogens with one attached hydrogen (secondary N) is 1. The molecule has 2 aromatic heterocycles. The Morgan fingerprint density at radius 2 is 1.97 bits per heavy atom. The molecule has 0 spiro atoms. The number of carbonyl (C=O) groups is 2. The lowest BCUT2D eigenvalue weighted by Gasteiger charge is -2.22. The Hall–Kier alpha value is -3.55. The molecule has 3 aromatic rings. The first-order valence-corrected chi connectivity index (χ1v) is 12.2. The molecule has 2 aliphatic rings. The van der Waals surface area contributed by atoms with Gasteiger partial charge < -0.3 is 14.6 Å². The van der Waals surface area contributed by atoms with Gasteiger partial charge in [-0.1, -0.05) is 33.8 Å². The predicted octanol–water partition coefficient (Wildman–Crippen LogP) is 4.67. The summed E-state index contributed by atoms with van der Waals surface area (Å²) in [6, 6.07) is 6.95. The van der Waals surface area contributed by atoms with Crippen molar-refractivity contribution >= 4 is 28.6 Å². The molecule has 0 amide bonds. The zero-order valence-electron chi connectivity index (χ0n) is 20.6. The number of aromatic nitrogens is 3. The van der Waals surface area contributed by atoms with Gasteiger partial charge in [-0.3, -0.25) is 10.2 Å². The minimum Gasteiger partial charge on any atom is -0.480 e. The van der Waals surface area contributed by atoms with Crippen LogP contribution in [0, 0.1) is 5.41 Å². The SMILES string of the molecule is CCC(C(=O)O)n1cnc2c(C(C)(C)C)cc(C(=O)CN3Cc4ccc(C5CC5)nc4C3=N)cc21. The molecule has 35 heavy (non-hydrogen) atoms. The van der Waals surface area contributed by atoms with Crippen molar-refractivity contribution in [2.45, 2.75) is 70.9 Å². The molecule has 1 saturated carbocycles. The van der Waals surface area contributed by atoms with Crippen LogP contribution in [-0.2, 0) is 16.8 Å². The van der Waals surface area contributed by atoms with Crippen molar-refractivity contribution in [3.8, 4) is 0 Å². The van der Waals surface area contributed by atoms with E-state index in [0.717, 1.165) is 29.7 Å². The first-order valence-electron chi connectivity index (χ1n) is 12.2. The fourth-order valence-corrected chi connectivity index (χ4v) is 4.88. The van der Waals surface area contributed by atoms with Gasteiger partial charge in [-0.05, 0) is 48.4 Å². The lowest BCUT2D eigenvalue weighted by Crippen LogP contribution is -2.30. The molecule has 3 heterocycles. The van der Waals surface area contributed by atoms with E-state index in [4.69, 9.17) is 10.4 Å². The summed E-state index contributed by atoms with van der Waals surface area (Å²) in [7, 11) is 0. The van der Waals surface area contributed by atoms with E-state index < -0.39 is 12.0 Å². The van der Waals surface area contributed by atoms with E-state index in [-0.39, 0.29) is 23.6 Å². The number of benzene rings is 1. The van der Waals surface area contributed by atoms with E-state index in [9.17, 15) is 14.7 Å². The number of hydrogen-bond acceptors (Lipinski definition) is 5.